The monoisotopic (exact) mass is 350 g/mol. The Labute approximate surface area is 128 Å². The number of aromatic nitrogens is 1. The minimum absolute atomic E-state index is 0.0510. The molecule has 0 bridgehead atoms. The summed E-state index contributed by atoms with van der Waals surface area (Å²) >= 11 is 3.21. The van der Waals surface area contributed by atoms with Crippen LogP contribution in [-0.4, -0.2) is 15.7 Å². The van der Waals surface area contributed by atoms with Crippen molar-refractivity contribution in [2.24, 2.45) is 5.73 Å². The van der Waals surface area contributed by atoms with Gasteiger partial charge < -0.3 is 10.5 Å². The summed E-state index contributed by atoms with van der Waals surface area (Å²) in [6.45, 7) is 1.72. The highest BCUT2D eigenvalue weighted by Crippen LogP contribution is 2.37. The van der Waals surface area contributed by atoms with Gasteiger partial charge in [-0.15, -0.1) is 0 Å². The van der Waals surface area contributed by atoms with E-state index in [9.17, 15) is 10.1 Å². The number of benzene rings is 1. The van der Waals surface area contributed by atoms with Gasteiger partial charge in [-0.3, -0.25) is 15.5 Å². The molecule has 0 saturated heterocycles. The van der Waals surface area contributed by atoms with E-state index in [1.807, 2.05) is 0 Å². The summed E-state index contributed by atoms with van der Waals surface area (Å²) in [7, 11) is 0. The molecule has 7 nitrogen and oxygen atoms in total. The highest BCUT2D eigenvalue weighted by molar-refractivity contribution is 9.10. The number of nitro groups is 1. The summed E-state index contributed by atoms with van der Waals surface area (Å²) in [6, 6.07) is 7.59. The first-order valence-corrected chi connectivity index (χ1v) is 6.61. The van der Waals surface area contributed by atoms with Crippen LogP contribution in [0.2, 0.25) is 0 Å². The molecule has 1 aromatic heterocycles. The van der Waals surface area contributed by atoms with Crippen molar-refractivity contribution >= 4 is 27.5 Å². The van der Waals surface area contributed by atoms with Crippen LogP contribution in [0.25, 0.3) is 0 Å². The Morgan fingerprint density at radius 2 is 2.19 bits per heavy atom. The average molecular weight is 351 g/mol. The van der Waals surface area contributed by atoms with Gasteiger partial charge in [-0.2, -0.15) is 0 Å². The second-order valence-electron chi connectivity index (χ2n) is 4.20. The minimum Gasteiger partial charge on any atom is -0.431 e. The summed E-state index contributed by atoms with van der Waals surface area (Å²) in [5.74, 6) is 0.0530. The maximum atomic E-state index is 11.0. The highest BCUT2D eigenvalue weighted by Gasteiger charge is 2.19. The number of halogens is 1. The average Bonchev–Trinajstić information content (AvgIpc) is 2.40. The maximum Gasteiger partial charge on any atom is 0.312 e. The summed E-state index contributed by atoms with van der Waals surface area (Å²) in [5.41, 5.74) is 6.28. The molecule has 0 amide bonds. The van der Waals surface area contributed by atoms with Crippen molar-refractivity contribution in [1.82, 2.24) is 4.98 Å². The van der Waals surface area contributed by atoms with Crippen LogP contribution in [0.1, 0.15) is 11.3 Å². The molecule has 0 fully saturated rings. The molecule has 0 aliphatic heterocycles. The molecule has 0 radical (unpaired) electrons. The Morgan fingerprint density at radius 1 is 1.48 bits per heavy atom. The van der Waals surface area contributed by atoms with Gasteiger partial charge in [-0.25, -0.2) is 4.98 Å². The van der Waals surface area contributed by atoms with Crippen LogP contribution in [0.15, 0.2) is 34.8 Å². The van der Waals surface area contributed by atoms with Crippen LogP contribution in [0.4, 0.5) is 5.69 Å². The van der Waals surface area contributed by atoms with Gasteiger partial charge in [0.1, 0.15) is 5.84 Å². The number of nitrogens with two attached hydrogens (primary N) is 1. The number of nitro benzene ring substituents is 1. The Bertz CT molecular complexity index is 733. The van der Waals surface area contributed by atoms with Crippen molar-refractivity contribution in [2.45, 2.75) is 6.92 Å². The van der Waals surface area contributed by atoms with E-state index in [0.29, 0.717) is 15.7 Å². The summed E-state index contributed by atoms with van der Waals surface area (Å²) in [6.07, 6.45) is 0. The smallest absolute Gasteiger partial charge is 0.312 e. The first-order valence-electron chi connectivity index (χ1n) is 5.82. The van der Waals surface area contributed by atoms with Gasteiger partial charge in [0.2, 0.25) is 11.6 Å². The fourth-order valence-electron chi connectivity index (χ4n) is 1.69. The van der Waals surface area contributed by atoms with Crippen LogP contribution >= 0.6 is 15.9 Å². The Morgan fingerprint density at radius 3 is 2.81 bits per heavy atom. The van der Waals surface area contributed by atoms with Crippen molar-refractivity contribution in [3.8, 4) is 11.6 Å². The molecule has 1 heterocycles. The van der Waals surface area contributed by atoms with Gasteiger partial charge >= 0.3 is 5.69 Å². The van der Waals surface area contributed by atoms with Crippen LogP contribution in [0.3, 0.4) is 0 Å². The molecule has 8 heteroatoms. The maximum absolute atomic E-state index is 11.0. The second-order valence-corrected chi connectivity index (χ2v) is 5.05. The van der Waals surface area contributed by atoms with Gasteiger partial charge in [0.05, 0.1) is 9.40 Å². The number of amidine groups is 1. The van der Waals surface area contributed by atoms with Crippen LogP contribution in [0, 0.1) is 22.4 Å². The molecule has 1 aromatic carbocycles. The number of pyridine rings is 1. The van der Waals surface area contributed by atoms with E-state index in [4.69, 9.17) is 15.9 Å². The molecule has 0 unspecified atom stereocenters. The summed E-state index contributed by atoms with van der Waals surface area (Å²) in [5, 5.41) is 18.5. The van der Waals surface area contributed by atoms with E-state index in [-0.39, 0.29) is 23.2 Å². The Balaban J connectivity index is 2.48. The number of hydrogen-bond donors (Lipinski definition) is 2. The van der Waals surface area contributed by atoms with Crippen LogP contribution < -0.4 is 10.5 Å². The lowest BCUT2D eigenvalue weighted by molar-refractivity contribution is -0.385. The van der Waals surface area contributed by atoms with Crippen LogP contribution in [0.5, 0.6) is 11.6 Å². The first-order chi connectivity index (χ1) is 9.88. The third-order valence-corrected chi connectivity index (χ3v) is 3.21. The third kappa shape index (κ3) is 3.34. The van der Waals surface area contributed by atoms with Crippen LogP contribution in [-0.2, 0) is 0 Å². The number of nitrogen functional groups attached to an aromatic ring is 1. The zero-order valence-electron chi connectivity index (χ0n) is 11.0. The molecular weight excluding hydrogens is 340 g/mol. The predicted octanol–water partition coefficient (Wildman–Crippen LogP) is 3.14. The third-order valence-electron chi connectivity index (χ3n) is 2.59. The number of ether oxygens (including phenoxy) is 1. The van der Waals surface area contributed by atoms with Crippen molar-refractivity contribution in [1.29, 1.82) is 5.41 Å². The molecular formula is C13H11BrN4O3. The minimum atomic E-state index is -0.540. The standard InChI is InChI=1S/C13H11BrN4O3/c1-7-5-8(13(15)16)6-11(17-7)21-12-9(14)3-2-4-10(12)18(19)20/h2-6H,1H3,(H3,15,16). The number of hydrogen-bond acceptors (Lipinski definition) is 5. The summed E-state index contributed by atoms with van der Waals surface area (Å²) < 4.78 is 5.96. The van der Waals surface area contributed by atoms with Crippen molar-refractivity contribution in [3.05, 3.63) is 56.2 Å². The van der Waals surface area contributed by atoms with Gasteiger partial charge in [0.15, 0.2) is 0 Å². The SMILES string of the molecule is Cc1cc(C(=N)N)cc(Oc2c(Br)cccc2[N+](=O)[O-])n1. The quantitative estimate of drug-likeness (QED) is 0.380. The van der Waals surface area contributed by atoms with Gasteiger partial charge in [-0.1, -0.05) is 6.07 Å². The van der Waals surface area contributed by atoms with Gasteiger partial charge in [0, 0.05) is 23.4 Å². The molecule has 0 saturated carbocycles. The Kier molecular flexibility index (Phi) is 4.18. The van der Waals surface area contributed by atoms with E-state index < -0.39 is 4.92 Å². The first kappa shape index (κ1) is 14.9. The lowest BCUT2D eigenvalue weighted by Gasteiger charge is -2.09. The lowest BCUT2D eigenvalue weighted by atomic mass is 10.2. The molecule has 21 heavy (non-hydrogen) atoms. The van der Waals surface area contributed by atoms with E-state index >= 15 is 0 Å². The molecule has 2 aromatic rings. The normalized spacial score (nSPS) is 10.2. The fourth-order valence-corrected chi connectivity index (χ4v) is 2.13. The van der Waals surface area contributed by atoms with Crippen molar-refractivity contribution in [3.63, 3.8) is 0 Å². The van der Waals surface area contributed by atoms with E-state index in [2.05, 4.69) is 20.9 Å². The fraction of sp³-hybridized carbons (Fsp3) is 0.0769. The molecule has 3 N–H and O–H groups in total. The number of nitrogens with one attached hydrogen (secondary N) is 1. The number of aryl methyl sites for hydroxylation is 1. The highest BCUT2D eigenvalue weighted by atomic mass is 79.9. The molecule has 0 aliphatic rings. The molecule has 0 atom stereocenters. The molecule has 0 aliphatic carbocycles. The number of nitrogens with zero attached hydrogens (tertiary/aromatic N) is 2. The second kappa shape index (κ2) is 5.88. The van der Waals surface area contributed by atoms with Crippen molar-refractivity contribution in [2.75, 3.05) is 0 Å². The lowest BCUT2D eigenvalue weighted by Crippen LogP contribution is -2.11. The molecule has 2 rings (SSSR count). The Hall–Kier alpha value is -2.48. The van der Waals surface area contributed by atoms with E-state index in [0.717, 1.165) is 0 Å². The topological polar surface area (TPSA) is 115 Å². The van der Waals surface area contributed by atoms with Gasteiger partial charge in [0.25, 0.3) is 0 Å². The van der Waals surface area contributed by atoms with E-state index in [1.165, 1.54) is 12.1 Å². The molecule has 108 valence electrons. The van der Waals surface area contributed by atoms with E-state index in [1.54, 1.807) is 25.1 Å². The zero-order valence-corrected chi connectivity index (χ0v) is 12.5. The molecule has 0 spiro atoms. The zero-order chi connectivity index (χ0) is 15.6. The number of para-hydroxylation sites is 1. The largest absolute Gasteiger partial charge is 0.431 e. The van der Waals surface area contributed by atoms with Gasteiger partial charge in [-0.05, 0) is 35.0 Å². The predicted molar refractivity (Wildman–Crippen MR) is 80.9 cm³/mol. The summed E-state index contributed by atoms with van der Waals surface area (Å²) in [4.78, 5) is 14.6. The van der Waals surface area contributed by atoms with Crippen molar-refractivity contribution < 1.29 is 9.66 Å². The number of rotatable bonds is 4.